The van der Waals surface area contributed by atoms with Crippen LogP contribution in [0, 0.1) is 0 Å². The molecule has 1 unspecified atom stereocenters. The molecule has 0 amide bonds. The summed E-state index contributed by atoms with van der Waals surface area (Å²) < 4.78 is 0. The molecule has 4 heteroatoms. The van der Waals surface area contributed by atoms with Gasteiger partial charge in [0.2, 0.25) is 5.24 Å². The molecule has 0 aliphatic carbocycles. The van der Waals surface area contributed by atoms with Crippen LogP contribution in [0.25, 0.3) is 0 Å². The molecule has 0 spiro atoms. The highest BCUT2D eigenvalue weighted by Gasteiger charge is 2.18. The normalized spacial score (nSPS) is 27.9. The van der Waals surface area contributed by atoms with Crippen LogP contribution in [0.3, 0.4) is 0 Å². The van der Waals surface area contributed by atoms with Crippen molar-refractivity contribution in [3.05, 3.63) is 0 Å². The number of rotatable bonds is 1. The van der Waals surface area contributed by atoms with Gasteiger partial charge in [-0.25, -0.2) is 0 Å². The first kappa shape index (κ1) is 7.38. The summed E-state index contributed by atoms with van der Waals surface area (Å²) in [7, 11) is 0. The third kappa shape index (κ3) is 2.16. The number of carbonyl (C=O) groups excluding carboxylic acids is 1. The van der Waals surface area contributed by atoms with Crippen molar-refractivity contribution in [1.29, 1.82) is 0 Å². The minimum atomic E-state index is -0.229. The zero-order valence-corrected chi connectivity index (χ0v) is 6.47. The second-order valence-electron chi connectivity index (χ2n) is 1.87. The maximum absolute atomic E-state index is 10.5. The molecular weight excluding hydrogens is 158 g/mol. The Hall–Kier alpha value is 0.270. The summed E-state index contributed by atoms with van der Waals surface area (Å²) in [5.41, 5.74) is 0. The minimum absolute atomic E-state index is 0.0135. The van der Waals surface area contributed by atoms with E-state index in [9.17, 15) is 4.79 Å². The molecule has 2 nitrogen and oxygen atoms in total. The lowest BCUT2D eigenvalue weighted by Gasteiger charge is -2.18. The van der Waals surface area contributed by atoms with Gasteiger partial charge in [-0.15, -0.1) is 11.8 Å². The molecular formula is C5H8ClNOS. The third-order valence-electron chi connectivity index (χ3n) is 1.18. The molecule has 1 fully saturated rings. The van der Waals surface area contributed by atoms with Gasteiger partial charge in [0.25, 0.3) is 0 Å². The molecule has 0 bridgehead atoms. The van der Waals surface area contributed by atoms with E-state index in [0.29, 0.717) is 0 Å². The molecule has 1 heterocycles. The monoisotopic (exact) mass is 165 g/mol. The van der Waals surface area contributed by atoms with Crippen LogP contribution in [0.5, 0.6) is 0 Å². The zero-order valence-electron chi connectivity index (χ0n) is 4.89. The van der Waals surface area contributed by atoms with Crippen molar-refractivity contribution >= 4 is 28.6 Å². The van der Waals surface area contributed by atoms with Crippen LogP contribution in [0.2, 0.25) is 0 Å². The van der Waals surface area contributed by atoms with Gasteiger partial charge in [-0.3, -0.25) is 4.79 Å². The van der Waals surface area contributed by atoms with Crippen LogP contribution in [-0.4, -0.2) is 29.3 Å². The lowest BCUT2D eigenvalue weighted by Crippen LogP contribution is -2.35. The molecule has 1 aliphatic rings. The van der Waals surface area contributed by atoms with E-state index in [1.54, 1.807) is 11.8 Å². The van der Waals surface area contributed by atoms with E-state index in [1.165, 1.54) is 0 Å². The highest BCUT2D eigenvalue weighted by atomic mass is 35.5. The topological polar surface area (TPSA) is 29.1 Å². The Bertz CT molecular complexity index is 114. The maximum atomic E-state index is 10.5. The summed E-state index contributed by atoms with van der Waals surface area (Å²) in [6, 6.07) is 0. The number of thioether (sulfide) groups is 1. The largest absolute Gasteiger partial charge is 0.314 e. The highest BCUT2D eigenvalue weighted by molar-refractivity contribution is 8.00. The van der Waals surface area contributed by atoms with Crippen molar-refractivity contribution < 1.29 is 4.79 Å². The molecule has 1 rings (SSSR count). The standard InChI is InChI=1S/C5H8ClNOS/c6-5(8)4-3-7-1-2-9-4/h4,7H,1-3H2. The molecule has 52 valence electrons. The Morgan fingerprint density at radius 3 is 2.89 bits per heavy atom. The van der Waals surface area contributed by atoms with Crippen molar-refractivity contribution in [2.75, 3.05) is 18.8 Å². The smallest absolute Gasteiger partial charge is 0.235 e. The summed E-state index contributed by atoms with van der Waals surface area (Å²) in [6.45, 7) is 1.72. The molecule has 0 radical (unpaired) electrons. The first-order valence-corrected chi connectivity index (χ1v) is 4.25. The Morgan fingerprint density at radius 2 is 2.56 bits per heavy atom. The Labute approximate surface area is 63.3 Å². The zero-order chi connectivity index (χ0) is 6.69. The molecule has 0 saturated carbocycles. The van der Waals surface area contributed by atoms with Crippen molar-refractivity contribution in [3.63, 3.8) is 0 Å². The SMILES string of the molecule is O=C(Cl)C1CNCCS1. The fourth-order valence-corrected chi connectivity index (χ4v) is 1.89. The quantitative estimate of drug-likeness (QED) is 0.573. The fourth-order valence-electron chi connectivity index (χ4n) is 0.711. The van der Waals surface area contributed by atoms with Gasteiger partial charge >= 0.3 is 0 Å². The van der Waals surface area contributed by atoms with Crippen LogP contribution in [0.1, 0.15) is 0 Å². The first-order valence-electron chi connectivity index (χ1n) is 2.82. The predicted molar refractivity (Wildman–Crippen MR) is 40.0 cm³/mol. The predicted octanol–water partition coefficient (Wildman–Crippen LogP) is 0.457. The Morgan fingerprint density at radius 1 is 1.78 bits per heavy atom. The highest BCUT2D eigenvalue weighted by Crippen LogP contribution is 2.15. The van der Waals surface area contributed by atoms with Gasteiger partial charge < -0.3 is 5.32 Å². The van der Waals surface area contributed by atoms with Crippen LogP contribution in [-0.2, 0) is 4.79 Å². The van der Waals surface area contributed by atoms with Crippen LogP contribution in [0.4, 0.5) is 0 Å². The summed E-state index contributed by atoms with van der Waals surface area (Å²) >= 11 is 6.88. The van der Waals surface area contributed by atoms with Gasteiger partial charge in [-0.2, -0.15) is 0 Å². The van der Waals surface area contributed by atoms with Crippen LogP contribution >= 0.6 is 23.4 Å². The second kappa shape index (κ2) is 3.44. The van der Waals surface area contributed by atoms with Crippen molar-refractivity contribution in [2.24, 2.45) is 0 Å². The molecule has 0 aromatic heterocycles. The van der Waals surface area contributed by atoms with E-state index < -0.39 is 0 Å². The molecule has 1 saturated heterocycles. The molecule has 1 atom stereocenters. The van der Waals surface area contributed by atoms with E-state index in [-0.39, 0.29) is 10.5 Å². The van der Waals surface area contributed by atoms with Gasteiger partial charge in [-0.05, 0) is 11.6 Å². The molecule has 0 aromatic carbocycles. The average Bonchev–Trinajstić information content (AvgIpc) is 1.90. The Balaban J connectivity index is 2.31. The van der Waals surface area contributed by atoms with E-state index in [4.69, 9.17) is 11.6 Å². The van der Waals surface area contributed by atoms with Crippen LogP contribution < -0.4 is 5.32 Å². The lowest BCUT2D eigenvalue weighted by atomic mass is 10.4. The average molecular weight is 166 g/mol. The van der Waals surface area contributed by atoms with Crippen molar-refractivity contribution in [2.45, 2.75) is 5.25 Å². The van der Waals surface area contributed by atoms with E-state index in [2.05, 4.69) is 5.32 Å². The van der Waals surface area contributed by atoms with Gasteiger partial charge in [0.1, 0.15) is 0 Å². The minimum Gasteiger partial charge on any atom is -0.314 e. The molecule has 1 aliphatic heterocycles. The number of carbonyl (C=O) groups is 1. The summed E-state index contributed by atoms with van der Waals surface area (Å²) in [6.07, 6.45) is 0. The maximum Gasteiger partial charge on any atom is 0.235 e. The van der Waals surface area contributed by atoms with Gasteiger partial charge in [0.05, 0.1) is 5.25 Å². The molecule has 9 heavy (non-hydrogen) atoms. The lowest BCUT2D eigenvalue weighted by molar-refractivity contribution is -0.111. The molecule has 1 N–H and O–H groups in total. The van der Waals surface area contributed by atoms with Gasteiger partial charge in [-0.1, -0.05) is 0 Å². The summed E-state index contributed by atoms with van der Waals surface area (Å²) in [5.74, 6) is 0.989. The van der Waals surface area contributed by atoms with Crippen LogP contribution in [0.15, 0.2) is 0 Å². The summed E-state index contributed by atoms with van der Waals surface area (Å²) in [5, 5.41) is 2.85. The van der Waals surface area contributed by atoms with Crippen molar-refractivity contribution in [1.82, 2.24) is 5.32 Å². The molecule has 0 aromatic rings. The van der Waals surface area contributed by atoms with E-state index in [0.717, 1.165) is 18.8 Å². The number of halogens is 1. The number of nitrogens with one attached hydrogen (secondary N) is 1. The van der Waals surface area contributed by atoms with E-state index in [1.807, 2.05) is 0 Å². The second-order valence-corrected chi connectivity index (χ2v) is 3.55. The number of hydrogen-bond donors (Lipinski definition) is 1. The fraction of sp³-hybridized carbons (Fsp3) is 0.800. The first-order chi connectivity index (χ1) is 4.30. The summed E-state index contributed by atoms with van der Waals surface area (Å²) in [4.78, 5) is 10.5. The van der Waals surface area contributed by atoms with Gasteiger partial charge in [0, 0.05) is 18.8 Å². The van der Waals surface area contributed by atoms with E-state index >= 15 is 0 Å². The van der Waals surface area contributed by atoms with Crippen molar-refractivity contribution in [3.8, 4) is 0 Å². The van der Waals surface area contributed by atoms with Gasteiger partial charge in [0.15, 0.2) is 0 Å². The Kier molecular flexibility index (Phi) is 2.82. The third-order valence-corrected chi connectivity index (χ3v) is 2.80. The number of hydrogen-bond acceptors (Lipinski definition) is 3.